The standard InChI is InChI=1S/C17H22N2O2/c1-13-5-3-6-14(2)19(13)18-17(21)16-10-8-15(9-11-16)7-4-12-20/h8-11,13-14,20H,3,5-6,12H2,1-2H3,(H,18,21). The van der Waals surface area contributed by atoms with E-state index in [0.29, 0.717) is 17.6 Å². The molecule has 1 aromatic carbocycles. The highest BCUT2D eigenvalue weighted by Crippen LogP contribution is 2.20. The summed E-state index contributed by atoms with van der Waals surface area (Å²) in [4.78, 5) is 12.3. The van der Waals surface area contributed by atoms with Crippen LogP contribution in [0.3, 0.4) is 0 Å². The first-order chi connectivity index (χ1) is 10.1. The second kappa shape index (κ2) is 7.26. The topological polar surface area (TPSA) is 52.6 Å². The van der Waals surface area contributed by atoms with Crippen molar-refractivity contribution in [2.75, 3.05) is 6.61 Å². The average Bonchev–Trinajstić information content (AvgIpc) is 2.49. The predicted molar refractivity (Wildman–Crippen MR) is 82.5 cm³/mol. The third-order valence-corrected chi connectivity index (χ3v) is 3.88. The molecule has 4 heteroatoms. The SMILES string of the molecule is CC1CCCC(C)N1NC(=O)c1ccc(C#CCO)cc1. The normalized spacial score (nSPS) is 22.2. The van der Waals surface area contributed by atoms with E-state index in [2.05, 4.69) is 36.1 Å². The monoisotopic (exact) mass is 286 g/mol. The van der Waals surface area contributed by atoms with E-state index in [1.165, 1.54) is 6.42 Å². The van der Waals surface area contributed by atoms with Crippen LogP contribution in [-0.4, -0.2) is 34.7 Å². The van der Waals surface area contributed by atoms with Crippen LogP contribution >= 0.6 is 0 Å². The molecule has 2 atom stereocenters. The third kappa shape index (κ3) is 4.07. The molecule has 0 spiro atoms. The van der Waals surface area contributed by atoms with Gasteiger partial charge in [-0.25, -0.2) is 5.01 Å². The minimum Gasteiger partial charge on any atom is -0.384 e. The molecular formula is C17H22N2O2. The summed E-state index contributed by atoms with van der Waals surface area (Å²) in [7, 11) is 0. The Labute approximate surface area is 126 Å². The lowest BCUT2D eigenvalue weighted by Gasteiger charge is -2.38. The molecule has 2 N–H and O–H groups in total. The minimum absolute atomic E-state index is 0.0859. The lowest BCUT2D eigenvalue weighted by molar-refractivity contribution is 0.0370. The van der Waals surface area contributed by atoms with Crippen molar-refractivity contribution in [3.8, 4) is 11.8 Å². The van der Waals surface area contributed by atoms with Gasteiger partial charge >= 0.3 is 0 Å². The van der Waals surface area contributed by atoms with Crippen molar-refractivity contribution in [2.24, 2.45) is 0 Å². The molecule has 112 valence electrons. The van der Waals surface area contributed by atoms with E-state index in [9.17, 15) is 4.79 Å². The molecule has 21 heavy (non-hydrogen) atoms. The van der Waals surface area contributed by atoms with Gasteiger partial charge in [-0.05, 0) is 51.0 Å². The second-order valence-electron chi connectivity index (χ2n) is 5.51. The highest BCUT2D eigenvalue weighted by molar-refractivity contribution is 5.93. The fraction of sp³-hybridized carbons (Fsp3) is 0.471. The van der Waals surface area contributed by atoms with Gasteiger partial charge in [-0.15, -0.1) is 0 Å². The van der Waals surface area contributed by atoms with Gasteiger partial charge in [-0.3, -0.25) is 10.2 Å². The molecule has 0 bridgehead atoms. The number of benzene rings is 1. The van der Waals surface area contributed by atoms with Crippen LogP contribution < -0.4 is 5.43 Å². The zero-order valence-electron chi connectivity index (χ0n) is 12.6. The first-order valence-corrected chi connectivity index (χ1v) is 7.41. The van der Waals surface area contributed by atoms with Crippen molar-refractivity contribution in [3.05, 3.63) is 35.4 Å². The third-order valence-electron chi connectivity index (χ3n) is 3.88. The number of nitrogens with zero attached hydrogens (tertiary/aromatic N) is 1. The molecule has 1 fully saturated rings. The largest absolute Gasteiger partial charge is 0.384 e. The van der Waals surface area contributed by atoms with E-state index in [1.807, 2.05) is 0 Å². The number of amides is 1. The number of carbonyl (C=O) groups excluding carboxylic acids is 1. The van der Waals surface area contributed by atoms with E-state index in [0.717, 1.165) is 18.4 Å². The van der Waals surface area contributed by atoms with Crippen LogP contribution in [-0.2, 0) is 0 Å². The molecule has 0 saturated carbocycles. The number of rotatable bonds is 2. The summed E-state index contributed by atoms with van der Waals surface area (Å²) in [6, 6.07) is 7.84. The number of aliphatic hydroxyl groups excluding tert-OH is 1. The fourth-order valence-corrected chi connectivity index (χ4v) is 2.67. The number of hydrogen-bond donors (Lipinski definition) is 2. The molecule has 1 heterocycles. The van der Waals surface area contributed by atoms with Crippen LogP contribution in [0.5, 0.6) is 0 Å². The van der Waals surface area contributed by atoms with Crippen LogP contribution in [0.1, 0.15) is 49.0 Å². The van der Waals surface area contributed by atoms with Crippen molar-refractivity contribution in [3.63, 3.8) is 0 Å². The van der Waals surface area contributed by atoms with Gasteiger partial charge in [-0.1, -0.05) is 18.3 Å². The second-order valence-corrected chi connectivity index (χ2v) is 5.51. The van der Waals surface area contributed by atoms with Crippen LogP contribution in [0.25, 0.3) is 0 Å². The van der Waals surface area contributed by atoms with Crippen molar-refractivity contribution >= 4 is 5.91 Å². The number of hydrogen-bond acceptors (Lipinski definition) is 3. The highest BCUT2D eigenvalue weighted by atomic mass is 16.2. The van der Waals surface area contributed by atoms with Gasteiger partial charge in [0.25, 0.3) is 5.91 Å². The lowest BCUT2D eigenvalue weighted by Crippen LogP contribution is -2.54. The maximum absolute atomic E-state index is 12.3. The molecule has 1 amide bonds. The van der Waals surface area contributed by atoms with Crippen LogP contribution in [0, 0.1) is 11.8 Å². The molecule has 4 nitrogen and oxygen atoms in total. The molecule has 1 aromatic rings. The quantitative estimate of drug-likeness (QED) is 0.817. The van der Waals surface area contributed by atoms with Crippen LogP contribution in [0.15, 0.2) is 24.3 Å². The summed E-state index contributed by atoms with van der Waals surface area (Å²) in [5.74, 6) is 5.32. The Hall–Kier alpha value is -1.83. The van der Waals surface area contributed by atoms with Crippen LogP contribution in [0.2, 0.25) is 0 Å². The van der Waals surface area contributed by atoms with E-state index in [1.54, 1.807) is 24.3 Å². The number of carbonyl (C=O) groups is 1. The maximum Gasteiger partial charge on any atom is 0.265 e. The zero-order valence-corrected chi connectivity index (χ0v) is 12.6. The minimum atomic E-state index is -0.160. The fourth-order valence-electron chi connectivity index (χ4n) is 2.67. The molecule has 1 aliphatic rings. The Kier molecular flexibility index (Phi) is 5.38. The van der Waals surface area contributed by atoms with Gasteiger partial charge in [0.1, 0.15) is 6.61 Å². The molecule has 2 rings (SSSR count). The molecule has 0 aliphatic carbocycles. The van der Waals surface area contributed by atoms with Gasteiger partial charge in [-0.2, -0.15) is 0 Å². The van der Waals surface area contributed by atoms with Crippen molar-refractivity contribution in [1.82, 2.24) is 10.4 Å². The number of piperidine rings is 1. The van der Waals surface area contributed by atoms with Gasteiger partial charge in [0.05, 0.1) is 0 Å². The van der Waals surface area contributed by atoms with E-state index < -0.39 is 0 Å². The molecule has 2 unspecified atom stereocenters. The summed E-state index contributed by atoms with van der Waals surface area (Å²) < 4.78 is 0. The number of aliphatic hydroxyl groups is 1. The maximum atomic E-state index is 12.3. The Morgan fingerprint density at radius 3 is 2.48 bits per heavy atom. The van der Waals surface area contributed by atoms with Gasteiger partial charge in [0, 0.05) is 23.2 Å². The summed E-state index contributed by atoms with van der Waals surface area (Å²) in [6.07, 6.45) is 3.44. The number of nitrogens with one attached hydrogen (secondary N) is 1. The molecule has 1 saturated heterocycles. The Morgan fingerprint density at radius 1 is 1.29 bits per heavy atom. The van der Waals surface area contributed by atoms with Gasteiger partial charge in [0.15, 0.2) is 0 Å². The average molecular weight is 286 g/mol. The molecule has 0 aromatic heterocycles. The number of hydrazine groups is 1. The summed E-state index contributed by atoms with van der Waals surface area (Å²) in [5.41, 5.74) is 4.43. The van der Waals surface area contributed by atoms with E-state index in [-0.39, 0.29) is 12.5 Å². The van der Waals surface area contributed by atoms with Crippen molar-refractivity contribution < 1.29 is 9.90 Å². The Balaban J connectivity index is 2.02. The Bertz CT molecular complexity index is 532. The summed E-state index contributed by atoms with van der Waals surface area (Å²) >= 11 is 0. The predicted octanol–water partition coefficient (Wildman–Crippen LogP) is 1.94. The molecule has 1 aliphatic heterocycles. The highest BCUT2D eigenvalue weighted by Gasteiger charge is 2.26. The van der Waals surface area contributed by atoms with Crippen LogP contribution in [0.4, 0.5) is 0 Å². The smallest absolute Gasteiger partial charge is 0.265 e. The first kappa shape index (κ1) is 15.6. The van der Waals surface area contributed by atoms with Crippen molar-refractivity contribution in [1.29, 1.82) is 0 Å². The zero-order chi connectivity index (χ0) is 15.2. The lowest BCUT2D eigenvalue weighted by atomic mass is 10.00. The summed E-state index contributed by atoms with van der Waals surface area (Å²) in [5, 5.41) is 10.7. The van der Waals surface area contributed by atoms with Gasteiger partial charge in [0.2, 0.25) is 0 Å². The van der Waals surface area contributed by atoms with Crippen molar-refractivity contribution in [2.45, 2.75) is 45.2 Å². The summed E-state index contributed by atoms with van der Waals surface area (Å²) in [6.45, 7) is 4.13. The first-order valence-electron chi connectivity index (χ1n) is 7.41. The Morgan fingerprint density at radius 2 is 1.90 bits per heavy atom. The van der Waals surface area contributed by atoms with Gasteiger partial charge < -0.3 is 5.11 Å². The van der Waals surface area contributed by atoms with E-state index in [4.69, 9.17) is 5.11 Å². The molecular weight excluding hydrogens is 264 g/mol. The van der Waals surface area contributed by atoms with E-state index >= 15 is 0 Å². The molecule has 0 radical (unpaired) electrons.